The molecule has 2 fully saturated rings. The van der Waals surface area contributed by atoms with Crippen molar-refractivity contribution in [2.24, 2.45) is 0 Å². The van der Waals surface area contributed by atoms with Gasteiger partial charge in [0.25, 0.3) is 5.91 Å². The predicted octanol–water partition coefficient (Wildman–Crippen LogP) is 3.07. The summed E-state index contributed by atoms with van der Waals surface area (Å²) < 4.78 is 29.8. The largest absolute Gasteiger partial charge is 0.466 e. The zero-order valence-electron chi connectivity index (χ0n) is 21.0. The third-order valence-corrected chi connectivity index (χ3v) is 6.20. The van der Waals surface area contributed by atoms with Crippen LogP contribution >= 0.6 is 12.2 Å². The van der Waals surface area contributed by atoms with Gasteiger partial charge in [-0.15, -0.1) is 0 Å². The molecule has 2 aliphatic rings. The highest BCUT2D eigenvalue weighted by atomic mass is 32.1. The van der Waals surface area contributed by atoms with Crippen LogP contribution in [0.25, 0.3) is 0 Å². The van der Waals surface area contributed by atoms with E-state index in [1.807, 2.05) is 36.4 Å². The van der Waals surface area contributed by atoms with Gasteiger partial charge in [0, 0.05) is 5.56 Å². The average Bonchev–Trinajstić information content (AvgIpc) is 3.35. The quantitative estimate of drug-likeness (QED) is 0.375. The molecule has 198 valence electrons. The fraction of sp³-hybridized carbons (Fsp3) is 0.444. The Bertz CT molecular complexity index is 1080. The molecule has 2 heterocycles. The molecule has 4 rings (SSSR count). The van der Waals surface area contributed by atoms with Gasteiger partial charge in [0.15, 0.2) is 17.2 Å². The fourth-order valence-corrected chi connectivity index (χ4v) is 4.65. The summed E-state index contributed by atoms with van der Waals surface area (Å²) in [6.07, 6.45) is -2.58. The van der Waals surface area contributed by atoms with Crippen molar-refractivity contribution in [3.63, 3.8) is 0 Å². The molecule has 9 nitrogen and oxygen atoms in total. The number of esters is 1. The van der Waals surface area contributed by atoms with Gasteiger partial charge in [0.2, 0.25) is 0 Å². The van der Waals surface area contributed by atoms with Gasteiger partial charge in [0.1, 0.15) is 18.3 Å². The molecule has 0 aliphatic carbocycles. The number of nitrogens with one attached hydrogen (secondary N) is 2. The lowest BCUT2D eigenvalue weighted by Gasteiger charge is -2.31. The Morgan fingerprint density at radius 1 is 1.05 bits per heavy atom. The molecule has 0 aromatic heterocycles. The van der Waals surface area contributed by atoms with Crippen molar-refractivity contribution in [2.75, 3.05) is 6.61 Å². The number of rotatable bonds is 9. The Hall–Kier alpha value is -2.89. The zero-order chi connectivity index (χ0) is 26.4. The summed E-state index contributed by atoms with van der Waals surface area (Å²) in [5.41, 5.74) is 1.43. The van der Waals surface area contributed by atoms with Crippen molar-refractivity contribution in [3.05, 3.63) is 71.8 Å². The van der Waals surface area contributed by atoms with Crippen LogP contribution in [0.15, 0.2) is 60.7 Å². The maximum absolute atomic E-state index is 12.6. The van der Waals surface area contributed by atoms with Crippen molar-refractivity contribution in [2.45, 2.75) is 70.2 Å². The van der Waals surface area contributed by atoms with Crippen molar-refractivity contribution in [1.82, 2.24) is 10.6 Å². The average molecular weight is 529 g/mol. The minimum atomic E-state index is -0.850. The molecule has 0 bridgehead atoms. The van der Waals surface area contributed by atoms with Crippen molar-refractivity contribution < 1.29 is 33.3 Å². The van der Waals surface area contributed by atoms with Gasteiger partial charge in [-0.05, 0) is 50.7 Å². The van der Waals surface area contributed by atoms with Crippen LogP contribution in [-0.2, 0) is 35.1 Å². The molecule has 2 aromatic carbocycles. The summed E-state index contributed by atoms with van der Waals surface area (Å²) in [7, 11) is 0. The van der Waals surface area contributed by atoms with E-state index < -0.39 is 42.4 Å². The molecule has 1 amide bonds. The van der Waals surface area contributed by atoms with E-state index in [0.717, 1.165) is 5.56 Å². The first-order chi connectivity index (χ1) is 17.8. The maximum Gasteiger partial charge on any atom is 0.307 e. The van der Waals surface area contributed by atoms with Gasteiger partial charge in [-0.1, -0.05) is 48.5 Å². The predicted molar refractivity (Wildman–Crippen MR) is 138 cm³/mol. The summed E-state index contributed by atoms with van der Waals surface area (Å²) in [4.78, 5) is 25.1. The minimum absolute atomic E-state index is 0.0489. The number of amides is 1. The summed E-state index contributed by atoms with van der Waals surface area (Å²) >= 11 is 5.42. The molecule has 37 heavy (non-hydrogen) atoms. The number of carbonyl (C=O) groups is 2. The van der Waals surface area contributed by atoms with Crippen molar-refractivity contribution in [1.29, 1.82) is 0 Å². The van der Waals surface area contributed by atoms with Crippen LogP contribution in [0.4, 0.5) is 0 Å². The van der Waals surface area contributed by atoms with E-state index in [4.69, 9.17) is 35.9 Å². The summed E-state index contributed by atoms with van der Waals surface area (Å²) in [6, 6.07) is 17.7. The van der Waals surface area contributed by atoms with Gasteiger partial charge >= 0.3 is 5.97 Å². The molecule has 0 radical (unpaired) electrons. The van der Waals surface area contributed by atoms with E-state index in [9.17, 15) is 9.59 Å². The zero-order valence-corrected chi connectivity index (χ0v) is 21.9. The number of thiocarbonyl (C=S) groups is 1. The van der Waals surface area contributed by atoms with Crippen LogP contribution in [0.1, 0.15) is 43.1 Å². The Labute approximate surface area is 221 Å². The Kier molecular flexibility index (Phi) is 8.88. The number of ether oxygens (including phenoxy) is 5. The lowest BCUT2D eigenvalue weighted by atomic mass is 10.0. The Morgan fingerprint density at radius 2 is 1.73 bits per heavy atom. The molecular formula is C27H32N2O7S. The molecule has 2 saturated heterocycles. The minimum Gasteiger partial charge on any atom is -0.466 e. The first-order valence-corrected chi connectivity index (χ1v) is 12.7. The summed E-state index contributed by atoms with van der Waals surface area (Å²) in [5, 5.41) is 5.78. The molecule has 5 atom stereocenters. The molecule has 10 heteroatoms. The van der Waals surface area contributed by atoms with Gasteiger partial charge in [-0.2, -0.15) is 0 Å². The monoisotopic (exact) mass is 528 g/mol. The standard InChI is InChI=1S/C27H32N2O7S/c1-4-32-20(30)15-19(28-26(37)29-24(31)18-13-9-6-10-14-18)21-22(33-16-17-11-7-5-8-12-17)23-25(34-21)36-27(2,3)35-23/h5-14,19,21-23,25H,4,15-16H2,1-3H3,(H2,28,29,31,37)/t19-,21?,22+,23-,25-/m1/s1. The smallest absolute Gasteiger partial charge is 0.307 e. The van der Waals surface area contributed by atoms with Crippen molar-refractivity contribution >= 4 is 29.2 Å². The molecule has 2 aliphatic heterocycles. The maximum atomic E-state index is 12.6. The highest BCUT2D eigenvalue weighted by molar-refractivity contribution is 7.80. The van der Waals surface area contributed by atoms with Crippen LogP contribution in [0.3, 0.4) is 0 Å². The van der Waals surface area contributed by atoms with E-state index in [-0.39, 0.29) is 24.0 Å². The normalized spacial score (nSPS) is 24.6. The lowest BCUT2D eigenvalue weighted by Crippen LogP contribution is -2.54. The lowest BCUT2D eigenvalue weighted by molar-refractivity contribution is -0.222. The first kappa shape index (κ1) is 27.2. The molecule has 0 saturated carbocycles. The third kappa shape index (κ3) is 7.12. The number of benzene rings is 2. The van der Waals surface area contributed by atoms with Crippen LogP contribution in [0.5, 0.6) is 0 Å². The topological polar surface area (TPSA) is 104 Å². The third-order valence-electron chi connectivity index (χ3n) is 5.98. The molecule has 0 spiro atoms. The highest BCUT2D eigenvalue weighted by Gasteiger charge is 2.57. The van der Waals surface area contributed by atoms with Crippen LogP contribution in [0.2, 0.25) is 0 Å². The summed E-state index contributed by atoms with van der Waals surface area (Å²) in [6.45, 7) is 5.88. The van der Waals surface area contributed by atoms with E-state index in [1.54, 1.807) is 45.0 Å². The number of hydrogen-bond acceptors (Lipinski definition) is 8. The SMILES string of the molecule is CCOC(=O)C[C@@H](NC(=S)NC(=O)c1ccccc1)C1O[C@@H]2OC(C)(C)O[C@@H]2[C@H]1OCc1ccccc1. The van der Waals surface area contributed by atoms with Gasteiger partial charge in [0.05, 0.1) is 25.7 Å². The van der Waals surface area contributed by atoms with Crippen LogP contribution < -0.4 is 10.6 Å². The van der Waals surface area contributed by atoms with E-state index >= 15 is 0 Å². The second-order valence-electron chi connectivity index (χ2n) is 9.24. The van der Waals surface area contributed by atoms with Crippen LogP contribution in [-0.4, -0.2) is 60.0 Å². The Morgan fingerprint density at radius 3 is 2.41 bits per heavy atom. The van der Waals surface area contributed by atoms with Crippen molar-refractivity contribution in [3.8, 4) is 0 Å². The second kappa shape index (κ2) is 12.1. The number of carbonyl (C=O) groups excluding carboxylic acids is 2. The van der Waals surface area contributed by atoms with Crippen LogP contribution in [0, 0.1) is 0 Å². The molecule has 1 unspecified atom stereocenters. The number of hydrogen-bond donors (Lipinski definition) is 2. The number of fused-ring (bicyclic) bond motifs is 1. The molecular weight excluding hydrogens is 496 g/mol. The van der Waals surface area contributed by atoms with E-state index in [0.29, 0.717) is 12.2 Å². The van der Waals surface area contributed by atoms with Gasteiger partial charge < -0.3 is 29.0 Å². The fourth-order valence-electron chi connectivity index (χ4n) is 4.40. The summed E-state index contributed by atoms with van der Waals surface area (Å²) in [5.74, 6) is -1.66. The van der Waals surface area contributed by atoms with E-state index in [2.05, 4.69) is 10.6 Å². The van der Waals surface area contributed by atoms with Gasteiger partial charge in [-0.25, -0.2) is 0 Å². The second-order valence-corrected chi connectivity index (χ2v) is 9.65. The first-order valence-electron chi connectivity index (χ1n) is 12.2. The van der Waals surface area contributed by atoms with E-state index in [1.165, 1.54) is 0 Å². The Balaban J connectivity index is 1.52. The molecule has 2 N–H and O–H groups in total. The highest BCUT2D eigenvalue weighted by Crippen LogP contribution is 2.40. The molecule has 2 aromatic rings. The van der Waals surface area contributed by atoms with Gasteiger partial charge in [-0.3, -0.25) is 14.9 Å².